The van der Waals surface area contributed by atoms with Gasteiger partial charge in [-0.2, -0.15) is 0 Å². The molecule has 5 nitrogen and oxygen atoms in total. The van der Waals surface area contributed by atoms with Crippen molar-refractivity contribution in [1.82, 2.24) is 9.88 Å². The quantitative estimate of drug-likeness (QED) is 0.836. The minimum Gasteiger partial charge on any atom is -0.389 e. The maximum absolute atomic E-state index is 10.2. The van der Waals surface area contributed by atoms with Gasteiger partial charge in [0.25, 0.3) is 0 Å². The van der Waals surface area contributed by atoms with Crippen molar-refractivity contribution in [2.75, 3.05) is 44.2 Å². The van der Waals surface area contributed by atoms with E-state index in [4.69, 9.17) is 4.74 Å². The Labute approximate surface area is 149 Å². The zero-order valence-electron chi connectivity index (χ0n) is 14.8. The van der Waals surface area contributed by atoms with Gasteiger partial charge >= 0.3 is 0 Å². The first-order valence-electron chi connectivity index (χ1n) is 8.91. The number of anilines is 1. The molecular weight excluding hydrogens is 314 g/mol. The number of rotatable bonds is 7. The van der Waals surface area contributed by atoms with E-state index < -0.39 is 6.10 Å². The molecule has 0 saturated carbocycles. The lowest BCUT2D eigenvalue weighted by molar-refractivity contribution is 0.00912. The molecule has 1 aliphatic rings. The molecule has 1 unspecified atom stereocenters. The number of ether oxygens (including phenoxy) is 1. The highest BCUT2D eigenvalue weighted by Gasteiger charge is 2.20. The Kier molecular flexibility index (Phi) is 6.39. The molecule has 1 aliphatic heterocycles. The number of aliphatic hydroxyl groups is 1. The van der Waals surface area contributed by atoms with Crippen LogP contribution in [0.1, 0.15) is 11.3 Å². The fraction of sp³-hybridized carbons (Fsp3) is 0.450. The highest BCUT2D eigenvalue weighted by Crippen LogP contribution is 2.14. The van der Waals surface area contributed by atoms with Crippen molar-refractivity contribution in [3.63, 3.8) is 0 Å². The topological polar surface area (TPSA) is 48.8 Å². The maximum Gasteiger partial charge on any atom is 0.128 e. The molecule has 25 heavy (non-hydrogen) atoms. The Balaban J connectivity index is 1.37. The van der Waals surface area contributed by atoms with Gasteiger partial charge in [-0.05, 0) is 24.6 Å². The summed E-state index contributed by atoms with van der Waals surface area (Å²) in [7, 11) is 0. The zero-order chi connectivity index (χ0) is 17.5. The molecule has 1 fully saturated rings. The van der Waals surface area contributed by atoms with Crippen molar-refractivity contribution in [3.8, 4) is 0 Å². The van der Waals surface area contributed by atoms with Crippen molar-refractivity contribution in [3.05, 3.63) is 59.8 Å². The SMILES string of the molecule is Cc1cccc(N2CCN(CC(O)COCc3ccccc3)CC2)n1. The Morgan fingerprint density at radius 2 is 1.80 bits per heavy atom. The van der Waals surface area contributed by atoms with E-state index in [-0.39, 0.29) is 0 Å². The van der Waals surface area contributed by atoms with Crippen LogP contribution in [0, 0.1) is 6.92 Å². The predicted octanol–water partition coefficient (Wildman–Crippen LogP) is 2.09. The average molecular weight is 341 g/mol. The van der Waals surface area contributed by atoms with Gasteiger partial charge in [-0.15, -0.1) is 0 Å². The summed E-state index contributed by atoms with van der Waals surface area (Å²) in [5.74, 6) is 1.05. The van der Waals surface area contributed by atoms with Gasteiger partial charge in [0, 0.05) is 38.4 Å². The van der Waals surface area contributed by atoms with Crippen LogP contribution in [0.15, 0.2) is 48.5 Å². The van der Waals surface area contributed by atoms with Gasteiger partial charge in [0.15, 0.2) is 0 Å². The van der Waals surface area contributed by atoms with Crippen LogP contribution in [0.2, 0.25) is 0 Å². The van der Waals surface area contributed by atoms with Crippen molar-refractivity contribution in [2.24, 2.45) is 0 Å². The van der Waals surface area contributed by atoms with E-state index in [2.05, 4.69) is 26.9 Å². The normalized spacial score (nSPS) is 16.8. The molecule has 1 N–H and O–H groups in total. The number of nitrogens with zero attached hydrogens (tertiary/aromatic N) is 3. The van der Waals surface area contributed by atoms with Gasteiger partial charge in [0.05, 0.1) is 19.3 Å². The van der Waals surface area contributed by atoms with E-state index in [1.165, 1.54) is 0 Å². The van der Waals surface area contributed by atoms with Gasteiger partial charge in [0.2, 0.25) is 0 Å². The Hall–Kier alpha value is -1.95. The van der Waals surface area contributed by atoms with Crippen LogP contribution in [0.4, 0.5) is 5.82 Å². The molecular formula is C20H27N3O2. The van der Waals surface area contributed by atoms with Crippen LogP contribution in [0.25, 0.3) is 0 Å². The lowest BCUT2D eigenvalue weighted by Gasteiger charge is -2.36. The van der Waals surface area contributed by atoms with Crippen molar-refractivity contribution < 1.29 is 9.84 Å². The fourth-order valence-corrected chi connectivity index (χ4v) is 3.10. The fourth-order valence-electron chi connectivity index (χ4n) is 3.10. The highest BCUT2D eigenvalue weighted by molar-refractivity contribution is 5.39. The van der Waals surface area contributed by atoms with E-state index in [1.807, 2.05) is 43.3 Å². The highest BCUT2D eigenvalue weighted by atomic mass is 16.5. The van der Waals surface area contributed by atoms with Crippen LogP contribution < -0.4 is 4.90 Å². The molecule has 0 bridgehead atoms. The molecule has 1 aromatic heterocycles. The van der Waals surface area contributed by atoms with Gasteiger partial charge < -0.3 is 14.7 Å². The molecule has 1 aromatic carbocycles. The number of β-amino-alcohol motifs (C(OH)–C–C–N with tert-alkyl or cyclic N) is 1. The number of hydrogen-bond acceptors (Lipinski definition) is 5. The first-order valence-corrected chi connectivity index (χ1v) is 8.91. The summed E-state index contributed by atoms with van der Waals surface area (Å²) in [6, 6.07) is 16.2. The summed E-state index contributed by atoms with van der Waals surface area (Å²) in [6.45, 7) is 7.34. The summed E-state index contributed by atoms with van der Waals surface area (Å²) in [6.07, 6.45) is -0.452. The molecule has 0 amide bonds. The summed E-state index contributed by atoms with van der Waals surface area (Å²) >= 11 is 0. The van der Waals surface area contributed by atoms with Crippen LogP contribution >= 0.6 is 0 Å². The van der Waals surface area contributed by atoms with Crippen molar-refractivity contribution in [2.45, 2.75) is 19.6 Å². The summed E-state index contributed by atoms with van der Waals surface area (Å²) in [4.78, 5) is 9.19. The lowest BCUT2D eigenvalue weighted by atomic mass is 10.2. The molecule has 2 aromatic rings. The van der Waals surface area contributed by atoms with Crippen LogP contribution in [0.3, 0.4) is 0 Å². The molecule has 134 valence electrons. The minimum atomic E-state index is -0.452. The zero-order valence-corrected chi connectivity index (χ0v) is 14.8. The number of aromatic nitrogens is 1. The van der Waals surface area contributed by atoms with E-state index >= 15 is 0 Å². The first kappa shape index (κ1) is 17.9. The average Bonchev–Trinajstić information content (AvgIpc) is 2.63. The van der Waals surface area contributed by atoms with Crippen LogP contribution in [0.5, 0.6) is 0 Å². The van der Waals surface area contributed by atoms with Gasteiger partial charge in [-0.25, -0.2) is 4.98 Å². The number of benzene rings is 1. The van der Waals surface area contributed by atoms with Crippen LogP contribution in [-0.2, 0) is 11.3 Å². The third-order valence-electron chi connectivity index (χ3n) is 4.46. The molecule has 0 aliphatic carbocycles. The number of aryl methyl sites for hydroxylation is 1. The third-order valence-corrected chi connectivity index (χ3v) is 4.46. The molecule has 0 spiro atoms. The molecule has 3 rings (SSSR count). The van der Waals surface area contributed by atoms with Gasteiger partial charge in [-0.3, -0.25) is 4.90 Å². The molecule has 1 atom stereocenters. The number of hydrogen-bond donors (Lipinski definition) is 1. The molecule has 5 heteroatoms. The van der Waals surface area contributed by atoms with E-state index in [1.54, 1.807) is 0 Å². The Morgan fingerprint density at radius 3 is 2.52 bits per heavy atom. The number of piperazine rings is 1. The maximum atomic E-state index is 10.2. The van der Waals surface area contributed by atoms with Crippen molar-refractivity contribution >= 4 is 5.82 Å². The summed E-state index contributed by atoms with van der Waals surface area (Å²) in [5, 5.41) is 10.2. The Bertz CT molecular complexity index is 642. The summed E-state index contributed by atoms with van der Waals surface area (Å²) < 4.78 is 5.63. The second-order valence-corrected chi connectivity index (χ2v) is 6.58. The third kappa shape index (κ3) is 5.53. The number of aliphatic hydroxyl groups excluding tert-OH is 1. The van der Waals surface area contributed by atoms with E-state index in [0.717, 1.165) is 43.3 Å². The number of pyridine rings is 1. The standard InChI is InChI=1S/C20H27N3O2/c1-17-6-5-9-20(21-17)23-12-10-22(11-13-23)14-19(24)16-25-15-18-7-3-2-4-8-18/h2-9,19,24H,10-16H2,1H3. The van der Waals surface area contributed by atoms with E-state index in [0.29, 0.717) is 19.8 Å². The molecule has 2 heterocycles. The monoisotopic (exact) mass is 341 g/mol. The second kappa shape index (κ2) is 8.94. The second-order valence-electron chi connectivity index (χ2n) is 6.58. The van der Waals surface area contributed by atoms with Gasteiger partial charge in [-0.1, -0.05) is 36.4 Å². The smallest absolute Gasteiger partial charge is 0.128 e. The van der Waals surface area contributed by atoms with Crippen LogP contribution in [-0.4, -0.2) is 60.4 Å². The Morgan fingerprint density at radius 1 is 1.04 bits per heavy atom. The molecule has 0 radical (unpaired) electrons. The first-order chi connectivity index (χ1) is 12.2. The lowest BCUT2D eigenvalue weighted by Crippen LogP contribution is -2.49. The van der Waals surface area contributed by atoms with E-state index in [9.17, 15) is 5.11 Å². The summed E-state index contributed by atoms with van der Waals surface area (Å²) in [5.41, 5.74) is 2.18. The van der Waals surface area contributed by atoms with Crippen molar-refractivity contribution in [1.29, 1.82) is 0 Å². The largest absolute Gasteiger partial charge is 0.389 e. The molecule has 1 saturated heterocycles. The minimum absolute atomic E-state index is 0.370. The predicted molar refractivity (Wildman–Crippen MR) is 99.7 cm³/mol. The van der Waals surface area contributed by atoms with Gasteiger partial charge in [0.1, 0.15) is 5.82 Å².